The summed E-state index contributed by atoms with van der Waals surface area (Å²) in [5, 5.41) is 2.95. The van der Waals surface area contributed by atoms with Crippen LogP contribution in [-0.4, -0.2) is 29.1 Å². The molecule has 2 N–H and O–H groups in total. The Kier molecular flexibility index (Phi) is 6.93. The largest absolute Gasteiger partial charge is 0.490 e. The van der Waals surface area contributed by atoms with Gasteiger partial charge < -0.3 is 19.8 Å². The lowest BCUT2D eigenvalue weighted by Crippen LogP contribution is -2.12. The first-order chi connectivity index (χ1) is 16.1. The topological polar surface area (TPSA) is 76.2 Å². The maximum absolute atomic E-state index is 12.7. The van der Waals surface area contributed by atoms with Crippen LogP contribution >= 0.6 is 0 Å². The van der Waals surface area contributed by atoms with Crippen LogP contribution in [0.1, 0.15) is 41.2 Å². The van der Waals surface area contributed by atoms with Gasteiger partial charge in [-0.05, 0) is 80.8 Å². The van der Waals surface area contributed by atoms with Crippen LogP contribution in [0.25, 0.3) is 11.0 Å². The summed E-state index contributed by atoms with van der Waals surface area (Å²) >= 11 is 0. The van der Waals surface area contributed by atoms with Crippen LogP contribution in [0.5, 0.6) is 11.5 Å². The van der Waals surface area contributed by atoms with Crippen molar-refractivity contribution in [3.8, 4) is 11.5 Å². The minimum Gasteiger partial charge on any atom is -0.490 e. The van der Waals surface area contributed by atoms with Crippen LogP contribution in [0, 0.1) is 6.92 Å². The van der Waals surface area contributed by atoms with E-state index >= 15 is 0 Å². The van der Waals surface area contributed by atoms with Crippen LogP contribution in [0.15, 0.2) is 60.7 Å². The van der Waals surface area contributed by atoms with Crippen LogP contribution in [0.4, 0.5) is 5.69 Å². The van der Waals surface area contributed by atoms with Crippen molar-refractivity contribution in [2.45, 2.75) is 33.6 Å². The van der Waals surface area contributed by atoms with E-state index in [1.807, 2.05) is 44.2 Å². The number of hydrogen-bond donors (Lipinski definition) is 2. The molecule has 1 amide bonds. The standard InChI is InChI=1S/C27H29N3O3/c1-4-32-24-14-10-20(17-25(24)33-5-2)27(31)28-21-11-7-19(8-12-21)9-15-26-29-22-13-6-18(3)16-23(22)30-26/h6-8,10-14,16-17H,4-5,9,15H2,1-3H3,(H,28,31)(H,29,30). The minimum atomic E-state index is -0.190. The number of amides is 1. The molecule has 1 aromatic heterocycles. The van der Waals surface area contributed by atoms with Crippen molar-refractivity contribution in [1.82, 2.24) is 9.97 Å². The molecule has 0 bridgehead atoms. The van der Waals surface area contributed by atoms with Crippen molar-refractivity contribution in [3.05, 3.63) is 83.2 Å². The van der Waals surface area contributed by atoms with Crippen LogP contribution in [0.2, 0.25) is 0 Å². The number of anilines is 1. The van der Waals surface area contributed by atoms with Gasteiger partial charge in [-0.3, -0.25) is 4.79 Å². The first-order valence-corrected chi connectivity index (χ1v) is 11.3. The number of aromatic nitrogens is 2. The van der Waals surface area contributed by atoms with E-state index in [-0.39, 0.29) is 5.91 Å². The van der Waals surface area contributed by atoms with Gasteiger partial charge in [0.25, 0.3) is 5.91 Å². The van der Waals surface area contributed by atoms with Gasteiger partial charge in [0.1, 0.15) is 5.82 Å². The normalized spacial score (nSPS) is 10.9. The van der Waals surface area contributed by atoms with Gasteiger partial charge in [-0.25, -0.2) is 4.98 Å². The van der Waals surface area contributed by atoms with E-state index in [4.69, 9.17) is 9.47 Å². The van der Waals surface area contributed by atoms with E-state index < -0.39 is 0 Å². The van der Waals surface area contributed by atoms with Crippen LogP contribution in [0.3, 0.4) is 0 Å². The summed E-state index contributed by atoms with van der Waals surface area (Å²) in [5.74, 6) is 2.00. The molecule has 0 atom stereocenters. The second kappa shape index (κ2) is 10.2. The molecular weight excluding hydrogens is 414 g/mol. The molecule has 0 saturated heterocycles. The number of aryl methyl sites for hydroxylation is 3. The van der Waals surface area contributed by atoms with Gasteiger partial charge in [0, 0.05) is 17.7 Å². The minimum absolute atomic E-state index is 0.190. The highest BCUT2D eigenvalue weighted by Gasteiger charge is 2.12. The highest BCUT2D eigenvalue weighted by molar-refractivity contribution is 6.04. The number of nitrogens with one attached hydrogen (secondary N) is 2. The first-order valence-electron chi connectivity index (χ1n) is 11.3. The predicted molar refractivity (Wildman–Crippen MR) is 131 cm³/mol. The van der Waals surface area contributed by atoms with Gasteiger partial charge in [0.05, 0.1) is 24.2 Å². The molecule has 0 fully saturated rings. The second-order valence-electron chi connectivity index (χ2n) is 7.88. The number of nitrogens with zero attached hydrogens (tertiary/aromatic N) is 1. The molecule has 0 spiro atoms. The number of H-pyrrole nitrogens is 1. The lowest BCUT2D eigenvalue weighted by atomic mass is 10.1. The summed E-state index contributed by atoms with van der Waals surface area (Å²) < 4.78 is 11.2. The Morgan fingerprint density at radius 1 is 0.909 bits per heavy atom. The molecule has 33 heavy (non-hydrogen) atoms. The number of imidazole rings is 1. The van der Waals surface area contributed by atoms with Crippen molar-refractivity contribution >= 4 is 22.6 Å². The number of rotatable bonds is 9. The lowest BCUT2D eigenvalue weighted by molar-refractivity contribution is 0.102. The maximum Gasteiger partial charge on any atom is 0.255 e. The van der Waals surface area contributed by atoms with Crippen molar-refractivity contribution < 1.29 is 14.3 Å². The van der Waals surface area contributed by atoms with E-state index in [2.05, 4.69) is 34.3 Å². The second-order valence-corrected chi connectivity index (χ2v) is 7.88. The summed E-state index contributed by atoms with van der Waals surface area (Å²) in [6, 6.07) is 19.4. The molecule has 0 aliphatic rings. The third-order valence-corrected chi connectivity index (χ3v) is 5.35. The SMILES string of the molecule is CCOc1ccc(C(=O)Nc2ccc(CCc3nc4ccc(C)cc4[nH]3)cc2)cc1OCC. The fourth-order valence-corrected chi connectivity index (χ4v) is 3.71. The van der Waals surface area contributed by atoms with E-state index in [9.17, 15) is 4.79 Å². The Labute approximate surface area is 194 Å². The van der Waals surface area contributed by atoms with Crippen LogP contribution in [-0.2, 0) is 12.8 Å². The number of fused-ring (bicyclic) bond motifs is 1. The molecule has 3 aromatic carbocycles. The summed E-state index contributed by atoms with van der Waals surface area (Å²) in [6.07, 6.45) is 1.69. The molecule has 0 radical (unpaired) electrons. The average Bonchev–Trinajstić information content (AvgIpc) is 3.22. The Hall–Kier alpha value is -3.80. The third-order valence-electron chi connectivity index (χ3n) is 5.35. The molecule has 0 unspecified atom stereocenters. The zero-order valence-electron chi connectivity index (χ0n) is 19.3. The number of aromatic amines is 1. The molecule has 170 valence electrons. The number of benzene rings is 3. The van der Waals surface area contributed by atoms with E-state index in [0.717, 1.165) is 35.4 Å². The monoisotopic (exact) mass is 443 g/mol. The first kappa shape index (κ1) is 22.4. The number of carbonyl (C=O) groups excluding carboxylic acids is 1. The van der Waals surface area contributed by atoms with Gasteiger partial charge in [0.15, 0.2) is 11.5 Å². The fraction of sp³-hybridized carbons (Fsp3) is 0.259. The van der Waals surface area contributed by atoms with E-state index in [1.54, 1.807) is 18.2 Å². The lowest BCUT2D eigenvalue weighted by Gasteiger charge is -2.12. The van der Waals surface area contributed by atoms with Crippen molar-refractivity contribution in [1.29, 1.82) is 0 Å². The predicted octanol–water partition coefficient (Wildman–Crippen LogP) is 5.71. The quantitative estimate of drug-likeness (QED) is 0.348. The number of hydrogen-bond acceptors (Lipinski definition) is 4. The molecule has 6 nitrogen and oxygen atoms in total. The Morgan fingerprint density at radius 3 is 2.42 bits per heavy atom. The summed E-state index contributed by atoms with van der Waals surface area (Å²) in [5.41, 5.74) is 5.74. The smallest absolute Gasteiger partial charge is 0.255 e. The molecule has 4 rings (SSSR count). The summed E-state index contributed by atoms with van der Waals surface area (Å²) in [6.45, 7) is 6.93. The zero-order valence-corrected chi connectivity index (χ0v) is 19.3. The van der Waals surface area contributed by atoms with E-state index in [0.29, 0.717) is 30.3 Å². The summed E-state index contributed by atoms with van der Waals surface area (Å²) in [4.78, 5) is 20.8. The molecule has 0 aliphatic heterocycles. The Morgan fingerprint density at radius 2 is 1.67 bits per heavy atom. The van der Waals surface area contributed by atoms with Gasteiger partial charge in [-0.1, -0.05) is 18.2 Å². The number of carbonyl (C=O) groups is 1. The van der Waals surface area contributed by atoms with Gasteiger partial charge in [-0.15, -0.1) is 0 Å². The molecule has 0 saturated carbocycles. The highest BCUT2D eigenvalue weighted by atomic mass is 16.5. The average molecular weight is 444 g/mol. The van der Waals surface area contributed by atoms with Gasteiger partial charge >= 0.3 is 0 Å². The van der Waals surface area contributed by atoms with Gasteiger partial charge in [0.2, 0.25) is 0 Å². The molecule has 6 heteroatoms. The summed E-state index contributed by atoms with van der Waals surface area (Å²) in [7, 11) is 0. The van der Waals surface area contributed by atoms with Gasteiger partial charge in [-0.2, -0.15) is 0 Å². The fourth-order valence-electron chi connectivity index (χ4n) is 3.71. The maximum atomic E-state index is 12.7. The molecule has 0 aliphatic carbocycles. The van der Waals surface area contributed by atoms with Crippen molar-refractivity contribution in [2.75, 3.05) is 18.5 Å². The molecule has 1 heterocycles. The van der Waals surface area contributed by atoms with Crippen molar-refractivity contribution in [3.63, 3.8) is 0 Å². The van der Waals surface area contributed by atoms with Crippen molar-refractivity contribution in [2.24, 2.45) is 0 Å². The third kappa shape index (κ3) is 5.52. The zero-order chi connectivity index (χ0) is 23.2. The molecular formula is C27H29N3O3. The Balaban J connectivity index is 1.37. The molecule has 4 aromatic rings. The van der Waals surface area contributed by atoms with Crippen LogP contribution < -0.4 is 14.8 Å². The highest BCUT2D eigenvalue weighted by Crippen LogP contribution is 2.29. The van der Waals surface area contributed by atoms with E-state index in [1.165, 1.54) is 11.1 Å². The Bertz CT molecular complexity index is 1250. The number of ether oxygens (including phenoxy) is 2.